The van der Waals surface area contributed by atoms with Crippen molar-refractivity contribution in [1.82, 2.24) is 0 Å². The van der Waals surface area contributed by atoms with Crippen molar-refractivity contribution in [3.63, 3.8) is 0 Å². The van der Waals surface area contributed by atoms with Crippen LogP contribution in [0.5, 0.6) is 11.5 Å². The fraction of sp³-hybridized carbons (Fsp3) is 0.0526. The van der Waals surface area contributed by atoms with Gasteiger partial charge in [-0.25, -0.2) is 0 Å². The first-order valence-electron chi connectivity index (χ1n) is 7.90. The molecule has 0 aliphatic heterocycles. The third kappa shape index (κ3) is 3.54. The molecule has 10 heteroatoms. The SMILES string of the molecule is O=S(=O)(O)C(c1ccccc1)(c1cc(Cl)ccc1Cl)c1c(O)cc(O)c(Cl)c1Cl. The zero-order valence-electron chi connectivity index (χ0n) is 14.3. The van der Waals surface area contributed by atoms with E-state index in [1.807, 2.05) is 0 Å². The van der Waals surface area contributed by atoms with Crippen molar-refractivity contribution in [2.24, 2.45) is 0 Å². The molecule has 1 unspecified atom stereocenters. The summed E-state index contributed by atoms with van der Waals surface area (Å²) in [7, 11) is -5.13. The number of benzene rings is 3. The zero-order chi connectivity index (χ0) is 21.6. The molecule has 0 saturated carbocycles. The summed E-state index contributed by atoms with van der Waals surface area (Å²) in [5.74, 6) is -1.30. The fourth-order valence-corrected chi connectivity index (χ4v) is 5.60. The lowest BCUT2D eigenvalue weighted by atomic mass is 9.83. The molecule has 0 fully saturated rings. The van der Waals surface area contributed by atoms with Crippen LogP contribution in [0.1, 0.15) is 16.7 Å². The average Bonchev–Trinajstić information content (AvgIpc) is 2.65. The van der Waals surface area contributed by atoms with Gasteiger partial charge in [-0.3, -0.25) is 4.55 Å². The van der Waals surface area contributed by atoms with Gasteiger partial charge >= 0.3 is 0 Å². The van der Waals surface area contributed by atoms with E-state index in [4.69, 9.17) is 46.4 Å². The molecule has 0 aromatic heterocycles. The van der Waals surface area contributed by atoms with Crippen LogP contribution >= 0.6 is 46.4 Å². The van der Waals surface area contributed by atoms with Gasteiger partial charge in [-0.15, -0.1) is 0 Å². The molecule has 1 atom stereocenters. The molecule has 0 aliphatic carbocycles. The predicted molar refractivity (Wildman–Crippen MR) is 114 cm³/mol. The monoisotopic (exact) mass is 492 g/mol. The van der Waals surface area contributed by atoms with Gasteiger partial charge < -0.3 is 10.2 Å². The third-order valence-electron chi connectivity index (χ3n) is 4.39. The van der Waals surface area contributed by atoms with Crippen molar-refractivity contribution < 1.29 is 23.2 Å². The quantitative estimate of drug-likeness (QED) is 0.311. The Bertz CT molecular complexity index is 1200. The van der Waals surface area contributed by atoms with E-state index in [1.165, 1.54) is 42.5 Å². The number of halogens is 4. The minimum absolute atomic E-state index is 0.00521. The van der Waals surface area contributed by atoms with Crippen LogP contribution in [0, 0.1) is 0 Å². The first-order chi connectivity index (χ1) is 13.5. The molecule has 0 aliphatic rings. The Balaban J connectivity index is 2.67. The molecule has 0 amide bonds. The Morgan fingerprint density at radius 3 is 2.00 bits per heavy atom. The molecule has 3 N–H and O–H groups in total. The Morgan fingerprint density at radius 1 is 0.793 bits per heavy atom. The summed E-state index contributed by atoms with van der Waals surface area (Å²) in [4.78, 5) is 0. The van der Waals surface area contributed by atoms with E-state index in [-0.39, 0.29) is 21.2 Å². The van der Waals surface area contributed by atoms with E-state index in [0.29, 0.717) is 0 Å². The maximum Gasteiger partial charge on any atom is 0.283 e. The fourth-order valence-electron chi connectivity index (χ4n) is 3.23. The lowest BCUT2D eigenvalue weighted by Gasteiger charge is -2.34. The molecule has 152 valence electrons. The highest BCUT2D eigenvalue weighted by molar-refractivity contribution is 7.87. The Hall–Kier alpha value is -1.67. The molecule has 0 saturated heterocycles. The molecule has 0 bridgehead atoms. The van der Waals surface area contributed by atoms with Crippen LogP contribution in [-0.2, 0) is 14.9 Å². The summed E-state index contributed by atoms with van der Waals surface area (Å²) in [6, 6.07) is 12.3. The number of hydrogen-bond acceptors (Lipinski definition) is 4. The van der Waals surface area contributed by atoms with Crippen molar-refractivity contribution >= 4 is 56.5 Å². The van der Waals surface area contributed by atoms with E-state index in [1.54, 1.807) is 6.07 Å². The molecule has 29 heavy (non-hydrogen) atoms. The van der Waals surface area contributed by atoms with E-state index >= 15 is 0 Å². The average molecular weight is 494 g/mol. The highest BCUT2D eigenvalue weighted by Crippen LogP contribution is 2.54. The summed E-state index contributed by atoms with van der Waals surface area (Å²) in [6.07, 6.45) is 0. The molecule has 5 nitrogen and oxygen atoms in total. The highest BCUT2D eigenvalue weighted by atomic mass is 35.5. The van der Waals surface area contributed by atoms with E-state index in [2.05, 4.69) is 0 Å². The van der Waals surface area contributed by atoms with Crippen molar-refractivity contribution in [2.45, 2.75) is 4.75 Å². The number of hydrogen-bond donors (Lipinski definition) is 3. The number of phenolic OH excluding ortho intramolecular Hbond substituents is 2. The largest absolute Gasteiger partial charge is 0.507 e. The second-order valence-corrected chi connectivity index (χ2v) is 9.23. The van der Waals surface area contributed by atoms with Crippen LogP contribution in [-0.4, -0.2) is 23.2 Å². The Morgan fingerprint density at radius 2 is 1.41 bits per heavy atom. The first kappa shape index (κ1) is 22.0. The maximum atomic E-state index is 13.0. The van der Waals surface area contributed by atoms with Gasteiger partial charge in [-0.1, -0.05) is 76.7 Å². The minimum Gasteiger partial charge on any atom is -0.507 e. The Labute approximate surface area is 186 Å². The van der Waals surface area contributed by atoms with Gasteiger partial charge in [0.2, 0.25) is 0 Å². The molecule has 0 spiro atoms. The second-order valence-electron chi connectivity index (χ2n) is 6.06. The van der Waals surface area contributed by atoms with Gasteiger partial charge in [0.25, 0.3) is 10.1 Å². The van der Waals surface area contributed by atoms with Crippen molar-refractivity contribution in [3.8, 4) is 11.5 Å². The molecule has 3 rings (SSSR count). The molecule has 0 heterocycles. The topological polar surface area (TPSA) is 94.8 Å². The zero-order valence-corrected chi connectivity index (χ0v) is 18.1. The number of aromatic hydroxyl groups is 2. The van der Waals surface area contributed by atoms with Crippen molar-refractivity contribution in [2.75, 3.05) is 0 Å². The highest BCUT2D eigenvalue weighted by Gasteiger charge is 2.53. The lowest BCUT2D eigenvalue weighted by Crippen LogP contribution is -2.39. The van der Waals surface area contributed by atoms with Crippen LogP contribution in [0.25, 0.3) is 0 Å². The van der Waals surface area contributed by atoms with Gasteiger partial charge in [0, 0.05) is 27.2 Å². The van der Waals surface area contributed by atoms with Crippen LogP contribution in [0.15, 0.2) is 54.6 Å². The van der Waals surface area contributed by atoms with E-state index < -0.39 is 42.0 Å². The van der Waals surface area contributed by atoms with Crippen molar-refractivity contribution in [3.05, 3.63) is 91.4 Å². The summed E-state index contributed by atoms with van der Waals surface area (Å²) in [6.45, 7) is 0. The predicted octanol–water partition coefficient (Wildman–Crippen LogP) is 5.89. The number of phenols is 2. The van der Waals surface area contributed by atoms with E-state index in [0.717, 1.165) is 6.07 Å². The third-order valence-corrected chi connectivity index (χ3v) is 7.25. The van der Waals surface area contributed by atoms with Crippen LogP contribution in [0.3, 0.4) is 0 Å². The molecular weight excluding hydrogens is 482 g/mol. The van der Waals surface area contributed by atoms with Gasteiger partial charge in [0.05, 0.1) is 5.02 Å². The maximum absolute atomic E-state index is 13.0. The standard InChI is InChI=1S/C19H12Cl4O5S/c20-11-6-7-13(21)12(8-11)19(29(26,27)28,10-4-2-1-3-5-10)16-14(24)9-15(25)17(22)18(16)23/h1-9,24-25H,(H,26,27,28). The van der Waals surface area contributed by atoms with Crippen LogP contribution in [0.4, 0.5) is 0 Å². The summed E-state index contributed by atoms with van der Waals surface area (Å²) in [5, 5.41) is 19.6. The molecule has 0 radical (unpaired) electrons. The van der Waals surface area contributed by atoms with Gasteiger partial charge in [-0.05, 0) is 23.8 Å². The first-order valence-corrected chi connectivity index (χ1v) is 10.9. The molecule has 3 aromatic carbocycles. The Kier molecular flexibility index (Phi) is 5.98. The lowest BCUT2D eigenvalue weighted by molar-refractivity contribution is 0.431. The van der Waals surface area contributed by atoms with Gasteiger partial charge in [0.15, 0.2) is 4.75 Å². The van der Waals surface area contributed by atoms with Gasteiger partial charge in [-0.2, -0.15) is 8.42 Å². The summed E-state index contributed by atoms with van der Waals surface area (Å²) < 4.78 is 34.0. The molecule has 3 aromatic rings. The van der Waals surface area contributed by atoms with Gasteiger partial charge in [0.1, 0.15) is 16.5 Å². The molecular formula is C19H12Cl4O5S. The van der Waals surface area contributed by atoms with Crippen LogP contribution in [0.2, 0.25) is 20.1 Å². The number of rotatable bonds is 4. The smallest absolute Gasteiger partial charge is 0.283 e. The second kappa shape index (κ2) is 7.87. The van der Waals surface area contributed by atoms with Crippen molar-refractivity contribution in [1.29, 1.82) is 0 Å². The van der Waals surface area contributed by atoms with E-state index in [9.17, 15) is 23.2 Å². The van der Waals surface area contributed by atoms with Crippen LogP contribution < -0.4 is 0 Å². The summed E-state index contributed by atoms with van der Waals surface area (Å²) in [5.41, 5.74) is -0.648. The normalized spacial score (nSPS) is 13.8. The minimum atomic E-state index is -5.13. The summed E-state index contributed by atoms with van der Waals surface area (Å²) >= 11 is 24.7.